The number of rotatable bonds is 5. The Kier molecular flexibility index (Phi) is 5.28. The number of benzene rings is 2. The molecule has 3 aromatic rings. The van der Waals surface area contributed by atoms with Crippen LogP contribution in [-0.2, 0) is 22.9 Å². The molecule has 0 bridgehead atoms. The Morgan fingerprint density at radius 1 is 1.07 bits per heavy atom. The summed E-state index contributed by atoms with van der Waals surface area (Å²) in [5.74, 6) is -0.904. The molecule has 0 unspecified atom stereocenters. The Balaban J connectivity index is 1.48. The van der Waals surface area contributed by atoms with Crippen LogP contribution in [0, 0.1) is 17.1 Å². The molecule has 0 spiro atoms. The molecule has 30 heavy (non-hydrogen) atoms. The Morgan fingerprint density at radius 2 is 1.77 bits per heavy atom. The number of nitrogens with one attached hydrogen (secondary N) is 2. The van der Waals surface area contributed by atoms with Gasteiger partial charge in [-0.15, -0.1) is 11.3 Å². The summed E-state index contributed by atoms with van der Waals surface area (Å²) in [6.07, 6.45) is 2.81. The van der Waals surface area contributed by atoms with Gasteiger partial charge in [0.05, 0.1) is 10.5 Å². The van der Waals surface area contributed by atoms with E-state index in [0.29, 0.717) is 16.1 Å². The highest BCUT2D eigenvalue weighted by Crippen LogP contribution is 2.38. The molecule has 1 heterocycles. The smallest absolute Gasteiger partial charge is 0.261 e. The summed E-state index contributed by atoms with van der Waals surface area (Å²) in [7, 11) is -3.87. The first-order valence-electron chi connectivity index (χ1n) is 9.12. The van der Waals surface area contributed by atoms with E-state index in [1.807, 2.05) is 0 Å². The lowest BCUT2D eigenvalue weighted by atomic mass is 10.1. The number of carbonyl (C=O) groups excluding carboxylic acids is 1. The molecule has 0 radical (unpaired) electrons. The van der Waals surface area contributed by atoms with Gasteiger partial charge in [0.2, 0.25) is 0 Å². The molecule has 6 nitrogen and oxygen atoms in total. The largest absolute Gasteiger partial charge is 0.312 e. The molecular formula is C21H16FN3O3S2. The van der Waals surface area contributed by atoms with Crippen molar-refractivity contribution in [1.29, 1.82) is 5.26 Å². The van der Waals surface area contributed by atoms with E-state index in [4.69, 9.17) is 0 Å². The maximum atomic E-state index is 13.0. The number of thiophene rings is 1. The summed E-state index contributed by atoms with van der Waals surface area (Å²) < 4.78 is 40.1. The van der Waals surface area contributed by atoms with Crippen LogP contribution in [0.3, 0.4) is 0 Å². The third-order valence-corrected chi connectivity index (χ3v) is 7.39. The number of amides is 1. The van der Waals surface area contributed by atoms with E-state index in [0.717, 1.165) is 41.8 Å². The molecule has 2 N–H and O–H groups in total. The van der Waals surface area contributed by atoms with Gasteiger partial charge in [-0.05, 0) is 73.4 Å². The fourth-order valence-electron chi connectivity index (χ4n) is 3.30. The fourth-order valence-corrected chi connectivity index (χ4v) is 5.60. The van der Waals surface area contributed by atoms with Gasteiger partial charge in [0, 0.05) is 16.1 Å². The minimum absolute atomic E-state index is 0.0690. The van der Waals surface area contributed by atoms with Crippen LogP contribution < -0.4 is 10.0 Å². The molecule has 0 atom stereocenters. The summed E-state index contributed by atoms with van der Waals surface area (Å²) in [6, 6.07) is 12.6. The SMILES string of the molecule is N#Cc1c(NC(=O)c2ccc(NS(=O)(=O)c3ccc(F)cc3)cc2)sc2c1CCC2. The second-order valence-electron chi connectivity index (χ2n) is 6.76. The van der Waals surface area contributed by atoms with Crippen LogP contribution in [0.5, 0.6) is 0 Å². The van der Waals surface area contributed by atoms with Crippen molar-refractivity contribution in [1.82, 2.24) is 0 Å². The number of carbonyl (C=O) groups is 1. The molecule has 4 rings (SSSR count). The van der Waals surface area contributed by atoms with Crippen LogP contribution in [0.1, 0.15) is 32.8 Å². The van der Waals surface area contributed by atoms with Crippen molar-refractivity contribution in [2.45, 2.75) is 24.2 Å². The van der Waals surface area contributed by atoms with Gasteiger partial charge in [0.1, 0.15) is 16.9 Å². The highest BCUT2D eigenvalue weighted by molar-refractivity contribution is 7.92. The average molecular weight is 442 g/mol. The zero-order valence-corrected chi connectivity index (χ0v) is 17.2. The van der Waals surface area contributed by atoms with Crippen LogP contribution in [0.25, 0.3) is 0 Å². The van der Waals surface area contributed by atoms with Crippen molar-refractivity contribution in [3.63, 3.8) is 0 Å². The van der Waals surface area contributed by atoms with Crippen molar-refractivity contribution >= 4 is 38.0 Å². The average Bonchev–Trinajstić information content (AvgIpc) is 3.29. The standard InChI is InChI=1S/C21H16FN3O3S2/c22-14-6-10-16(11-7-14)30(27,28)25-15-8-4-13(5-9-15)20(26)24-21-18(12-23)17-2-1-3-19(17)29-21/h4-11,25H,1-3H2,(H,24,26). The van der Waals surface area contributed by atoms with E-state index < -0.39 is 15.8 Å². The first kappa shape index (κ1) is 20.1. The molecule has 1 aliphatic carbocycles. The van der Waals surface area contributed by atoms with E-state index in [1.54, 1.807) is 0 Å². The molecular weight excluding hydrogens is 425 g/mol. The monoisotopic (exact) mass is 441 g/mol. The first-order valence-corrected chi connectivity index (χ1v) is 11.4. The lowest BCUT2D eigenvalue weighted by Gasteiger charge is -2.09. The molecule has 0 saturated carbocycles. The van der Waals surface area contributed by atoms with Gasteiger partial charge >= 0.3 is 0 Å². The summed E-state index contributed by atoms with van der Waals surface area (Å²) in [4.78, 5) is 13.6. The summed E-state index contributed by atoms with van der Waals surface area (Å²) in [6.45, 7) is 0. The molecule has 1 amide bonds. The zero-order chi connectivity index (χ0) is 21.3. The zero-order valence-electron chi connectivity index (χ0n) is 15.6. The van der Waals surface area contributed by atoms with Crippen LogP contribution in [0.2, 0.25) is 0 Å². The van der Waals surface area contributed by atoms with Crippen molar-refractivity contribution in [2.75, 3.05) is 10.0 Å². The molecule has 9 heteroatoms. The lowest BCUT2D eigenvalue weighted by Crippen LogP contribution is -2.14. The highest BCUT2D eigenvalue weighted by atomic mass is 32.2. The van der Waals surface area contributed by atoms with E-state index in [-0.39, 0.29) is 16.5 Å². The second kappa shape index (κ2) is 7.89. The predicted molar refractivity (Wildman–Crippen MR) is 113 cm³/mol. The van der Waals surface area contributed by atoms with E-state index in [2.05, 4.69) is 16.1 Å². The van der Waals surface area contributed by atoms with Crippen LogP contribution in [-0.4, -0.2) is 14.3 Å². The number of sulfonamides is 1. The van der Waals surface area contributed by atoms with Gasteiger partial charge in [0.15, 0.2) is 0 Å². The van der Waals surface area contributed by atoms with Crippen molar-refractivity contribution in [3.8, 4) is 6.07 Å². The van der Waals surface area contributed by atoms with E-state index in [9.17, 15) is 22.9 Å². The minimum Gasteiger partial charge on any atom is -0.312 e. The van der Waals surface area contributed by atoms with Gasteiger partial charge < -0.3 is 5.32 Å². The molecule has 152 valence electrons. The first-order chi connectivity index (χ1) is 14.4. The van der Waals surface area contributed by atoms with Gasteiger partial charge in [0.25, 0.3) is 15.9 Å². The Bertz CT molecular complexity index is 1260. The number of anilines is 2. The number of fused-ring (bicyclic) bond motifs is 1. The number of hydrogen-bond acceptors (Lipinski definition) is 5. The number of halogens is 1. The predicted octanol–water partition coefficient (Wildman–Crippen LogP) is 4.30. The van der Waals surface area contributed by atoms with Crippen molar-refractivity contribution < 1.29 is 17.6 Å². The van der Waals surface area contributed by atoms with E-state index in [1.165, 1.54) is 47.7 Å². The molecule has 1 aliphatic rings. The van der Waals surface area contributed by atoms with Gasteiger partial charge in [-0.1, -0.05) is 0 Å². The third-order valence-electron chi connectivity index (χ3n) is 4.78. The molecule has 2 aromatic carbocycles. The summed E-state index contributed by atoms with van der Waals surface area (Å²) >= 11 is 1.43. The summed E-state index contributed by atoms with van der Waals surface area (Å²) in [5.41, 5.74) is 2.16. The second-order valence-corrected chi connectivity index (χ2v) is 9.55. The number of nitrogens with zero attached hydrogens (tertiary/aromatic N) is 1. The fraction of sp³-hybridized carbons (Fsp3) is 0.143. The molecule has 1 aromatic heterocycles. The third kappa shape index (κ3) is 3.92. The molecule has 0 fully saturated rings. The Labute approximate surface area is 177 Å². The Morgan fingerprint density at radius 3 is 2.43 bits per heavy atom. The maximum absolute atomic E-state index is 13.0. The van der Waals surface area contributed by atoms with Crippen molar-refractivity contribution in [2.24, 2.45) is 0 Å². The minimum atomic E-state index is -3.87. The lowest BCUT2D eigenvalue weighted by molar-refractivity contribution is 0.102. The van der Waals surface area contributed by atoms with Crippen LogP contribution in [0.4, 0.5) is 15.1 Å². The number of aryl methyl sites for hydroxylation is 1. The van der Waals surface area contributed by atoms with Gasteiger partial charge in [-0.2, -0.15) is 5.26 Å². The Hall–Kier alpha value is -3.22. The van der Waals surface area contributed by atoms with Gasteiger partial charge in [-0.3, -0.25) is 9.52 Å². The quantitative estimate of drug-likeness (QED) is 0.617. The van der Waals surface area contributed by atoms with E-state index >= 15 is 0 Å². The van der Waals surface area contributed by atoms with Crippen LogP contribution >= 0.6 is 11.3 Å². The maximum Gasteiger partial charge on any atom is 0.261 e. The van der Waals surface area contributed by atoms with Gasteiger partial charge in [-0.25, -0.2) is 12.8 Å². The number of hydrogen-bond donors (Lipinski definition) is 2. The van der Waals surface area contributed by atoms with Crippen LogP contribution in [0.15, 0.2) is 53.4 Å². The molecule has 0 aliphatic heterocycles. The highest BCUT2D eigenvalue weighted by Gasteiger charge is 2.23. The normalized spacial score (nSPS) is 12.8. The molecule has 0 saturated heterocycles. The topological polar surface area (TPSA) is 99.1 Å². The summed E-state index contributed by atoms with van der Waals surface area (Å²) in [5, 5.41) is 12.8. The number of nitriles is 1. The van der Waals surface area contributed by atoms with Crippen molar-refractivity contribution in [3.05, 3.63) is 75.9 Å².